The van der Waals surface area contributed by atoms with Crippen molar-refractivity contribution >= 4 is 22.0 Å². The van der Waals surface area contributed by atoms with E-state index in [0.29, 0.717) is 19.6 Å². The fourth-order valence-corrected chi connectivity index (χ4v) is 3.98. The van der Waals surface area contributed by atoms with Crippen LogP contribution in [0.3, 0.4) is 0 Å². The SMILES string of the molecule is CC(C)(C)OC(=O)N1CCN(Cc2ccc(OC(F)(F)F)c(Br)c2)CC12CC2. The van der Waals surface area contributed by atoms with Gasteiger partial charge >= 0.3 is 12.5 Å². The van der Waals surface area contributed by atoms with E-state index in [4.69, 9.17) is 4.74 Å². The number of alkyl halides is 3. The monoisotopic (exact) mass is 464 g/mol. The molecule has 1 spiro atoms. The first-order valence-corrected chi connectivity index (χ1v) is 9.93. The van der Waals surface area contributed by atoms with Gasteiger partial charge in [0.2, 0.25) is 0 Å². The highest BCUT2D eigenvalue weighted by Crippen LogP contribution is 2.45. The predicted molar refractivity (Wildman–Crippen MR) is 101 cm³/mol. The molecule has 28 heavy (non-hydrogen) atoms. The number of ether oxygens (including phenoxy) is 2. The summed E-state index contributed by atoms with van der Waals surface area (Å²) >= 11 is 3.14. The summed E-state index contributed by atoms with van der Waals surface area (Å²) in [5.74, 6) is -0.260. The van der Waals surface area contributed by atoms with Crippen molar-refractivity contribution in [2.45, 2.75) is 57.7 Å². The number of nitrogens with zero attached hydrogens (tertiary/aromatic N) is 2. The molecule has 9 heteroatoms. The lowest BCUT2D eigenvalue weighted by molar-refractivity contribution is -0.274. The Kier molecular flexibility index (Phi) is 5.62. The number of benzene rings is 1. The molecule has 1 aliphatic heterocycles. The Morgan fingerprint density at radius 1 is 1.21 bits per heavy atom. The quantitative estimate of drug-likeness (QED) is 0.635. The van der Waals surface area contributed by atoms with Crippen LogP contribution in [0.1, 0.15) is 39.2 Å². The Hall–Kier alpha value is -1.48. The molecule has 1 amide bonds. The Morgan fingerprint density at radius 3 is 2.43 bits per heavy atom. The van der Waals surface area contributed by atoms with Gasteiger partial charge in [0.15, 0.2) is 0 Å². The normalized spacial score (nSPS) is 19.6. The molecule has 156 valence electrons. The second-order valence-electron chi connectivity index (χ2n) is 8.38. The zero-order valence-corrected chi connectivity index (χ0v) is 17.7. The van der Waals surface area contributed by atoms with Gasteiger partial charge in [0, 0.05) is 26.2 Å². The van der Waals surface area contributed by atoms with Gasteiger partial charge in [-0.05, 0) is 67.2 Å². The summed E-state index contributed by atoms with van der Waals surface area (Å²) in [4.78, 5) is 16.6. The Balaban J connectivity index is 1.62. The molecule has 1 saturated heterocycles. The molecular formula is C19H24BrF3N2O3. The molecule has 2 fully saturated rings. The van der Waals surface area contributed by atoms with Crippen molar-refractivity contribution in [1.82, 2.24) is 9.80 Å². The zero-order chi connectivity index (χ0) is 20.7. The summed E-state index contributed by atoms with van der Waals surface area (Å²) in [5, 5.41) is 0. The van der Waals surface area contributed by atoms with Crippen LogP contribution in [0, 0.1) is 0 Å². The third kappa shape index (κ3) is 5.31. The minimum Gasteiger partial charge on any atom is -0.444 e. The van der Waals surface area contributed by atoms with E-state index in [1.807, 2.05) is 25.7 Å². The van der Waals surface area contributed by atoms with E-state index in [-0.39, 0.29) is 21.9 Å². The summed E-state index contributed by atoms with van der Waals surface area (Å²) in [6.45, 7) is 8.13. The minimum atomic E-state index is -4.72. The van der Waals surface area contributed by atoms with Crippen molar-refractivity contribution in [1.29, 1.82) is 0 Å². The number of hydrogen-bond donors (Lipinski definition) is 0. The third-order valence-corrected chi connectivity index (χ3v) is 5.42. The first-order chi connectivity index (χ1) is 12.9. The lowest BCUT2D eigenvalue weighted by atomic mass is 10.1. The number of carbonyl (C=O) groups excluding carboxylic acids is 1. The van der Waals surface area contributed by atoms with Crippen LogP contribution in [0.15, 0.2) is 22.7 Å². The van der Waals surface area contributed by atoms with E-state index in [1.54, 1.807) is 12.1 Å². The molecule has 1 aromatic rings. The standard InChI is InChI=1S/C19H24BrF3N2O3/c1-17(2,3)28-16(26)25-9-8-24(12-18(25)6-7-18)11-13-4-5-15(14(20)10-13)27-19(21,22)23/h4-5,10H,6-9,11-12H2,1-3H3. The number of halogens is 4. The topological polar surface area (TPSA) is 42.0 Å². The second-order valence-corrected chi connectivity index (χ2v) is 9.23. The van der Waals surface area contributed by atoms with Crippen molar-refractivity contribution < 1.29 is 27.4 Å². The van der Waals surface area contributed by atoms with Gasteiger partial charge in [-0.3, -0.25) is 9.80 Å². The summed E-state index contributed by atoms with van der Waals surface area (Å²) in [7, 11) is 0. The molecule has 1 aliphatic carbocycles. The molecule has 3 rings (SSSR count). The van der Waals surface area contributed by atoms with E-state index >= 15 is 0 Å². The first kappa shape index (κ1) is 21.2. The minimum absolute atomic E-state index is 0.183. The molecule has 1 heterocycles. The molecule has 5 nitrogen and oxygen atoms in total. The Labute approximate surface area is 170 Å². The lowest BCUT2D eigenvalue weighted by Gasteiger charge is -2.42. The van der Waals surface area contributed by atoms with Gasteiger partial charge < -0.3 is 9.47 Å². The lowest BCUT2D eigenvalue weighted by Crippen LogP contribution is -2.57. The molecule has 1 saturated carbocycles. The fraction of sp³-hybridized carbons (Fsp3) is 0.632. The maximum atomic E-state index is 12.5. The molecule has 0 unspecified atom stereocenters. The molecular weight excluding hydrogens is 441 g/mol. The van der Waals surface area contributed by atoms with Crippen LogP contribution in [0.2, 0.25) is 0 Å². The molecule has 0 aromatic heterocycles. The van der Waals surface area contributed by atoms with Crippen LogP contribution >= 0.6 is 15.9 Å². The van der Waals surface area contributed by atoms with Gasteiger partial charge in [0.1, 0.15) is 11.4 Å². The highest BCUT2D eigenvalue weighted by molar-refractivity contribution is 9.10. The van der Waals surface area contributed by atoms with Crippen LogP contribution in [0.5, 0.6) is 5.75 Å². The van der Waals surface area contributed by atoms with Crippen molar-refractivity contribution in [3.8, 4) is 5.75 Å². The number of carbonyl (C=O) groups is 1. The average Bonchev–Trinajstić information content (AvgIpc) is 3.26. The van der Waals surface area contributed by atoms with Crippen LogP contribution in [0.4, 0.5) is 18.0 Å². The van der Waals surface area contributed by atoms with E-state index in [0.717, 1.165) is 24.9 Å². The predicted octanol–water partition coefficient (Wildman–Crippen LogP) is 4.93. The van der Waals surface area contributed by atoms with Gasteiger partial charge in [-0.15, -0.1) is 13.2 Å². The molecule has 0 radical (unpaired) electrons. The van der Waals surface area contributed by atoms with Crippen molar-refractivity contribution in [3.05, 3.63) is 28.2 Å². The van der Waals surface area contributed by atoms with Gasteiger partial charge in [0.25, 0.3) is 0 Å². The molecule has 2 aliphatic rings. The molecule has 0 N–H and O–H groups in total. The third-order valence-electron chi connectivity index (χ3n) is 4.80. The molecule has 0 bridgehead atoms. The van der Waals surface area contributed by atoms with Crippen LogP contribution in [0.25, 0.3) is 0 Å². The summed E-state index contributed by atoms with van der Waals surface area (Å²) in [6, 6.07) is 4.59. The van der Waals surface area contributed by atoms with Gasteiger partial charge in [-0.1, -0.05) is 6.07 Å². The van der Waals surface area contributed by atoms with Crippen LogP contribution in [-0.2, 0) is 11.3 Å². The van der Waals surface area contributed by atoms with Gasteiger partial charge in [0.05, 0.1) is 10.0 Å². The van der Waals surface area contributed by atoms with E-state index in [2.05, 4.69) is 25.6 Å². The maximum absolute atomic E-state index is 12.5. The number of rotatable bonds is 3. The summed E-state index contributed by atoms with van der Waals surface area (Å²) in [5.41, 5.74) is 0.163. The fourth-order valence-electron chi connectivity index (χ4n) is 3.48. The van der Waals surface area contributed by atoms with Crippen LogP contribution in [-0.4, -0.2) is 53.0 Å². The Morgan fingerprint density at radius 2 is 1.89 bits per heavy atom. The number of hydrogen-bond acceptors (Lipinski definition) is 4. The summed E-state index contributed by atoms with van der Waals surface area (Å²) in [6.07, 6.45) is -3.13. The van der Waals surface area contributed by atoms with Crippen molar-refractivity contribution in [3.63, 3.8) is 0 Å². The molecule has 1 aromatic carbocycles. The zero-order valence-electron chi connectivity index (χ0n) is 16.1. The Bertz CT molecular complexity index is 745. The summed E-state index contributed by atoms with van der Waals surface area (Å²) < 4.78 is 47.0. The second kappa shape index (κ2) is 7.40. The first-order valence-electron chi connectivity index (χ1n) is 9.14. The van der Waals surface area contributed by atoms with Gasteiger partial charge in [-0.2, -0.15) is 0 Å². The van der Waals surface area contributed by atoms with Crippen LogP contribution < -0.4 is 4.74 Å². The van der Waals surface area contributed by atoms with Crippen molar-refractivity contribution in [2.75, 3.05) is 19.6 Å². The number of piperazine rings is 1. The average molecular weight is 465 g/mol. The van der Waals surface area contributed by atoms with E-state index in [9.17, 15) is 18.0 Å². The van der Waals surface area contributed by atoms with E-state index < -0.39 is 12.0 Å². The largest absolute Gasteiger partial charge is 0.573 e. The van der Waals surface area contributed by atoms with Gasteiger partial charge in [-0.25, -0.2) is 4.79 Å². The number of amides is 1. The van der Waals surface area contributed by atoms with E-state index in [1.165, 1.54) is 6.07 Å². The molecule has 0 atom stereocenters. The van der Waals surface area contributed by atoms with Crippen molar-refractivity contribution in [2.24, 2.45) is 0 Å². The highest BCUT2D eigenvalue weighted by Gasteiger charge is 2.54. The highest BCUT2D eigenvalue weighted by atomic mass is 79.9. The maximum Gasteiger partial charge on any atom is 0.573 e. The smallest absolute Gasteiger partial charge is 0.444 e.